The van der Waals surface area contributed by atoms with E-state index in [1.54, 1.807) is 0 Å². The van der Waals surface area contributed by atoms with Crippen LogP contribution in [0.1, 0.15) is 15.4 Å². The average molecular weight is 370 g/mol. The summed E-state index contributed by atoms with van der Waals surface area (Å²) >= 11 is 3.29. The molecule has 0 fully saturated rings. The van der Waals surface area contributed by atoms with Crippen molar-refractivity contribution in [2.24, 2.45) is 0 Å². The number of carboxylic acid groups (broad SMARTS) is 1. The first kappa shape index (κ1) is 14.9. The van der Waals surface area contributed by atoms with E-state index >= 15 is 0 Å². The fourth-order valence-electron chi connectivity index (χ4n) is 1.41. The van der Waals surface area contributed by atoms with Gasteiger partial charge in [0, 0.05) is 5.56 Å². The Labute approximate surface area is 122 Å². The molecule has 0 saturated heterocycles. The predicted molar refractivity (Wildman–Crippen MR) is 67.2 cm³/mol. The molecule has 0 saturated carbocycles. The van der Waals surface area contributed by atoms with Gasteiger partial charge in [-0.05, 0) is 34.1 Å². The molecule has 0 aliphatic heterocycles. The summed E-state index contributed by atoms with van der Waals surface area (Å²) in [6, 6.07) is 3.51. The van der Waals surface area contributed by atoms with Gasteiger partial charge in [-0.1, -0.05) is 0 Å². The summed E-state index contributed by atoms with van der Waals surface area (Å²) in [6.07, 6.45) is -4.86. The lowest BCUT2D eigenvalue weighted by Gasteiger charge is -2.02. The highest BCUT2D eigenvalue weighted by Gasteiger charge is 2.39. The Bertz CT molecular complexity index is 684. The summed E-state index contributed by atoms with van der Waals surface area (Å²) in [4.78, 5) is 13.3. The van der Waals surface area contributed by atoms with E-state index < -0.39 is 28.5 Å². The molecule has 20 heavy (non-hydrogen) atoms. The van der Waals surface area contributed by atoms with Crippen molar-refractivity contribution in [3.63, 3.8) is 0 Å². The molecule has 106 valence electrons. The van der Waals surface area contributed by atoms with E-state index in [2.05, 4.69) is 20.9 Å². The van der Waals surface area contributed by atoms with E-state index in [1.807, 2.05) is 0 Å². The number of carbonyl (C=O) groups is 1. The zero-order valence-electron chi connectivity index (χ0n) is 9.33. The number of aromatic carboxylic acids is 1. The molecule has 2 rings (SSSR count). The second-order valence-electron chi connectivity index (χ2n) is 3.63. The average Bonchev–Trinajstić information content (AvgIpc) is 2.77. The molecule has 0 radical (unpaired) electrons. The largest absolute Gasteiger partial charge is 0.477 e. The van der Waals surface area contributed by atoms with Crippen LogP contribution in [0.25, 0.3) is 10.6 Å². The molecule has 1 N–H and O–H groups in total. The number of hydrogen-bond donors (Lipinski definition) is 1. The first-order valence-electron chi connectivity index (χ1n) is 4.97. The van der Waals surface area contributed by atoms with Gasteiger partial charge < -0.3 is 5.11 Å². The van der Waals surface area contributed by atoms with Crippen molar-refractivity contribution >= 4 is 33.2 Å². The Morgan fingerprint density at radius 1 is 1.35 bits per heavy atom. The van der Waals surface area contributed by atoms with Crippen molar-refractivity contribution in [1.82, 2.24) is 4.98 Å². The second kappa shape index (κ2) is 5.13. The molecule has 0 bridgehead atoms. The van der Waals surface area contributed by atoms with Crippen molar-refractivity contribution in [2.75, 3.05) is 0 Å². The molecule has 1 aromatic carbocycles. The third kappa shape index (κ3) is 2.83. The van der Waals surface area contributed by atoms with Crippen LogP contribution < -0.4 is 0 Å². The van der Waals surface area contributed by atoms with Gasteiger partial charge in [-0.25, -0.2) is 14.2 Å². The van der Waals surface area contributed by atoms with Gasteiger partial charge in [-0.15, -0.1) is 11.3 Å². The lowest BCUT2D eigenvalue weighted by Crippen LogP contribution is -2.11. The number of thiazole rings is 1. The zero-order valence-corrected chi connectivity index (χ0v) is 11.7. The molecule has 2 aromatic rings. The monoisotopic (exact) mass is 369 g/mol. The standard InChI is InChI=1S/C11H4BrF4NO2S/c12-5-3-4(1-2-6(5)13)9-17-8(11(14,15)16)7(20-9)10(18)19/h1-3H,(H,18,19). The van der Waals surface area contributed by atoms with Crippen LogP contribution in [0.4, 0.5) is 17.6 Å². The molecule has 3 nitrogen and oxygen atoms in total. The summed E-state index contributed by atoms with van der Waals surface area (Å²) in [5.41, 5.74) is -1.26. The molecule has 0 spiro atoms. The van der Waals surface area contributed by atoms with Gasteiger partial charge in [0.2, 0.25) is 0 Å². The third-order valence-electron chi connectivity index (χ3n) is 2.26. The highest BCUT2D eigenvalue weighted by Crippen LogP contribution is 2.38. The van der Waals surface area contributed by atoms with Crippen LogP contribution in [-0.4, -0.2) is 16.1 Å². The summed E-state index contributed by atoms with van der Waals surface area (Å²) < 4.78 is 51.2. The Hall–Kier alpha value is -1.48. The number of benzene rings is 1. The quantitative estimate of drug-likeness (QED) is 0.796. The third-order valence-corrected chi connectivity index (χ3v) is 3.96. The van der Waals surface area contributed by atoms with Gasteiger partial charge in [0.1, 0.15) is 15.7 Å². The summed E-state index contributed by atoms with van der Waals surface area (Å²) in [5.74, 6) is -2.29. The first-order valence-corrected chi connectivity index (χ1v) is 6.58. The topological polar surface area (TPSA) is 50.2 Å². The summed E-state index contributed by atoms with van der Waals surface area (Å²) in [6.45, 7) is 0. The molecule has 0 amide bonds. The van der Waals surface area contributed by atoms with Gasteiger partial charge in [0.25, 0.3) is 0 Å². The predicted octanol–water partition coefficient (Wildman–Crippen LogP) is 4.43. The number of halogens is 5. The summed E-state index contributed by atoms with van der Waals surface area (Å²) in [7, 11) is 0. The molecular weight excluding hydrogens is 366 g/mol. The van der Waals surface area contributed by atoms with Gasteiger partial charge >= 0.3 is 12.1 Å². The Morgan fingerprint density at radius 3 is 2.45 bits per heavy atom. The number of alkyl halides is 3. The van der Waals surface area contributed by atoms with E-state index in [4.69, 9.17) is 5.11 Å². The fourth-order valence-corrected chi connectivity index (χ4v) is 2.71. The lowest BCUT2D eigenvalue weighted by molar-refractivity contribution is -0.141. The lowest BCUT2D eigenvalue weighted by atomic mass is 10.2. The zero-order chi connectivity index (χ0) is 15.1. The normalized spacial score (nSPS) is 11.7. The van der Waals surface area contributed by atoms with Crippen molar-refractivity contribution in [3.8, 4) is 10.6 Å². The van der Waals surface area contributed by atoms with Crippen LogP contribution in [0.5, 0.6) is 0 Å². The maximum atomic E-state index is 13.1. The van der Waals surface area contributed by atoms with Crippen molar-refractivity contribution in [2.45, 2.75) is 6.18 Å². The van der Waals surface area contributed by atoms with Crippen LogP contribution in [0, 0.1) is 5.82 Å². The number of aromatic nitrogens is 1. The van der Waals surface area contributed by atoms with E-state index in [1.165, 1.54) is 12.1 Å². The van der Waals surface area contributed by atoms with E-state index in [-0.39, 0.29) is 15.0 Å². The minimum atomic E-state index is -4.86. The van der Waals surface area contributed by atoms with Crippen LogP contribution in [0.3, 0.4) is 0 Å². The smallest absolute Gasteiger partial charge is 0.435 e. The first-order chi connectivity index (χ1) is 9.20. The van der Waals surface area contributed by atoms with Gasteiger partial charge in [0.05, 0.1) is 4.47 Å². The van der Waals surface area contributed by atoms with E-state index in [0.29, 0.717) is 11.3 Å². The molecule has 9 heteroatoms. The Balaban J connectivity index is 2.58. The van der Waals surface area contributed by atoms with Crippen LogP contribution in [-0.2, 0) is 6.18 Å². The van der Waals surface area contributed by atoms with Gasteiger partial charge in [-0.3, -0.25) is 0 Å². The summed E-state index contributed by atoms with van der Waals surface area (Å²) in [5, 5.41) is 8.65. The molecular formula is C11H4BrF4NO2S. The second-order valence-corrected chi connectivity index (χ2v) is 5.48. The number of carboxylic acids is 1. The Morgan fingerprint density at radius 2 is 2.00 bits per heavy atom. The fraction of sp³-hybridized carbons (Fsp3) is 0.0909. The molecule has 0 aliphatic rings. The molecule has 0 aliphatic carbocycles. The van der Waals surface area contributed by atoms with E-state index in [0.717, 1.165) is 6.07 Å². The van der Waals surface area contributed by atoms with Crippen LogP contribution >= 0.6 is 27.3 Å². The molecule has 1 aromatic heterocycles. The van der Waals surface area contributed by atoms with E-state index in [9.17, 15) is 22.4 Å². The Kier molecular flexibility index (Phi) is 3.83. The number of hydrogen-bond acceptors (Lipinski definition) is 3. The minimum absolute atomic E-state index is 0.0515. The maximum Gasteiger partial charge on any atom is 0.435 e. The van der Waals surface area contributed by atoms with Gasteiger partial charge in [0.15, 0.2) is 5.69 Å². The van der Waals surface area contributed by atoms with Crippen molar-refractivity contribution < 1.29 is 27.5 Å². The molecule has 0 unspecified atom stereocenters. The number of nitrogens with zero attached hydrogens (tertiary/aromatic N) is 1. The van der Waals surface area contributed by atoms with Crippen molar-refractivity contribution in [1.29, 1.82) is 0 Å². The molecule has 0 atom stereocenters. The minimum Gasteiger partial charge on any atom is -0.477 e. The highest BCUT2D eigenvalue weighted by atomic mass is 79.9. The number of rotatable bonds is 2. The maximum absolute atomic E-state index is 13.1. The van der Waals surface area contributed by atoms with Crippen LogP contribution in [0.15, 0.2) is 22.7 Å². The highest BCUT2D eigenvalue weighted by molar-refractivity contribution is 9.10. The van der Waals surface area contributed by atoms with Crippen molar-refractivity contribution in [3.05, 3.63) is 39.1 Å². The SMILES string of the molecule is O=C(O)c1sc(-c2ccc(F)c(Br)c2)nc1C(F)(F)F. The molecule has 1 heterocycles. The van der Waals surface area contributed by atoms with Gasteiger partial charge in [-0.2, -0.15) is 13.2 Å². The van der Waals surface area contributed by atoms with Crippen LogP contribution in [0.2, 0.25) is 0 Å².